The van der Waals surface area contributed by atoms with Gasteiger partial charge in [0.15, 0.2) is 0 Å². The second-order valence-corrected chi connectivity index (χ2v) is 4.30. The quantitative estimate of drug-likeness (QED) is 0.706. The van der Waals surface area contributed by atoms with Crippen LogP contribution in [0.25, 0.3) is 0 Å². The van der Waals surface area contributed by atoms with E-state index in [4.69, 9.17) is 5.73 Å². The summed E-state index contributed by atoms with van der Waals surface area (Å²) >= 11 is 0. The van der Waals surface area contributed by atoms with Crippen molar-refractivity contribution in [1.29, 1.82) is 0 Å². The molecule has 0 bridgehead atoms. The molecule has 1 fully saturated rings. The molecule has 0 aromatic heterocycles. The topological polar surface area (TPSA) is 49.6 Å². The van der Waals surface area contributed by atoms with Gasteiger partial charge in [0.1, 0.15) is 0 Å². The molecule has 1 aliphatic heterocycles. The molecule has 88 valence electrons. The van der Waals surface area contributed by atoms with Crippen molar-refractivity contribution in [3.8, 4) is 0 Å². The monoisotopic (exact) mass is 213 g/mol. The van der Waals surface area contributed by atoms with Gasteiger partial charge in [0.25, 0.3) is 0 Å². The van der Waals surface area contributed by atoms with E-state index in [0.717, 1.165) is 45.7 Å². The Labute approximate surface area is 92.4 Å². The van der Waals surface area contributed by atoms with Crippen molar-refractivity contribution in [2.24, 2.45) is 11.7 Å². The first-order chi connectivity index (χ1) is 7.17. The first-order valence-corrected chi connectivity index (χ1v) is 5.85. The van der Waals surface area contributed by atoms with Gasteiger partial charge in [-0.05, 0) is 18.9 Å². The first kappa shape index (κ1) is 12.5. The Hall–Kier alpha value is -0.610. The van der Waals surface area contributed by atoms with Crippen LogP contribution in [0.1, 0.15) is 20.3 Å². The highest BCUT2D eigenvalue weighted by molar-refractivity contribution is 5.73. The van der Waals surface area contributed by atoms with Crippen LogP contribution in [0.3, 0.4) is 0 Å². The van der Waals surface area contributed by atoms with E-state index >= 15 is 0 Å². The molecular weight excluding hydrogens is 190 g/mol. The summed E-state index contributed by atoms with van der Waals surface area (Å²) in [5, 5.41) is 0. The molecule has 0 aromatic rings. The number of hydrogen-bond donors (Lipinski definition) is 1. The molecule has 1 rings (SSSR count). The fourth-order valence-corrected chi connectivity index (χ4v) is 2.19. The molecule has 1 amide bonds. The van der Waals surface area contributed by atoms with Crippen LogP contribution in [-0.4, -0.2) is 55.0 Å². The Kier molecular flexibility index (Phi) is 5.05. The van der Waals surface area contributed by atoms with Gasteiger partial charge in [0, 0.05) is 39.6 Å². The van der Waals surface area contributed by atoms with E-state index in [1.165, 1.54) is 0 Å². The normalized spacial score (nSPS) is 21.3. The van der Waals surface area contributed by atoms with Gasteiger partial charge in [-0.3, -0.25) is 4.79 Å². The SMILES string of the molecule is CCN(CCN)C[C@@H]1CCN(C(C)=O)C1. The molecule has 0 aliphatic carbocycles. The standard InChI is InChI=1S/C11H23N3O/c1-3-13(7-5-12)8-11-4-6-14(9-11)10(2)15/h11H,3-9,12H2,1-2H3/t11-/m0/s1. The van der Waals surface area contributed by atoms with Crippen LogP contribution in [0.5, 0.6) is 0 Å². The molecule has 1 atom stereocenters. The van der Waals surface area contributed by atoms with E-state index in [1.807, 2.05) is 4.90 Å². The highest BCUT2D eigenvalue weighted by Gasteiger charge is 2.25. The van der Waals surface area contributed by atoms with Crippen molar-refractivity contribution in [3.05, 3.63) is 0 Å². The van der Waals surface area contributed by atoms with Gasteiger partial charge < -0.3 is 15.5 Å². The van der Waals surface area contributed by atoms with E-state index in [-0.39, 0.29) is 5.91 Å². The van der Waals surface area contributed by atoms with Gasteiger partial charge in [-0.25, -0.2) is 0 Å². The lowest BCUT2D eigenvalue weighted by Gasteiger charge is -2.23. The van der Waals surface area contributed by atoms with Crippen molar-refractivity contribution < 1.29 is 4.79 Å². The number of carbonyl (C=O) groups excluding carboxylic acids is 1. The minimum Gasteiger partial charge on any atom is -0.343 e. The molecule has 4 heteroatoms. The summed E-state index contributed by atoms with van der Waals surface area (Å²) in [6, 6.07) is 0. The second-order valence-electron chi connectivity index (χ2n) is 4.30. The molecule has 0 saturated carbocycles. The molecule has 15 heavy (non-hydrogen) atoms. The molecule has 0 radical (unpaired) electrons. The van der Waals surface area contributed by atoms with Gasteiger partial charge in [-0.1, -0.05) is 6.92 Å². The summed E-state index contributed by atoms with van der Waals surface area (Å²) in [6.07, 6.45) is 1.14. The minimum absolute atomic E-state index is 0.208. The molecule has 0 spiro atoms. The van der Waals surface area contributed by atoms with Gasteiger partial charge >= 0.3 is 0 Å². The smallest absolute Gasteiger partial charge is 0.219 e. The van der Waals surface area contributed by atoms with Gasteiger partial charge in [0.05, 0.1) is 0 Å². The van der Waals surface area contributed by atoms with E-state index in [9.17, 15) is 4.79 Å². The third kappa shape index (κ3) is 3.80. The van der Waals surface area contributed by atoms with Crippen molar-refractivity contribution >= 4 is 5.91 Å². The second kappa shape index (κ2) is 6.08. The average molecular weight is 213 g/mol. The number of nitrogens with zero attached hydrogens (tertiary/aromatic N) is 2. The Morgan fingerprint density at radius 3 is 2.80 bits per heavy atom. The van der Waals surface area contributed by atoms with Gasteiger partial charge in [-0.15, -0.1) is 0 Å². The number of carbonyl (C=O) groups is 1. The Balaban J connectivity index is 2.30. The lowest BCUT2D eigenvalue weighted by molar-refractivity contribution is -0.127. The van der Waals surface area contributed by atoms with Gasteiger partial charge in [-0.2, -0.15) is 0 Å². The number of likely N-dealkylation sites (tertiary alicyclic amines) is 1. The molecule has 1 saturated heterocycles. The lowest BCUT2D eigenvalue weighted by Crippen LogP contribution is -2.35. The molecule has 1 aliphatic rings. The Bertz CT molecular complexity index is 208. The van der Waals surface area contributed by atoms with Crippen molar-refractivity contribution in [1.82, 2.24) is 9.80 Å². The predicted octanol–water partition coefficient (Wildman–Crippen LogP) is 0.135. The van der Waals surface area contributed by atoms with Crippen molar-refractivity contribution in [2.75, 3.05) is 39.3 Å². The highest BCUT2D eigenvalue weighted by Crippen LogP contribution is 2.17. The zero-order chi connectivity index (χ0) is 11.3. The van der Waals surface area contributed by atoms with E-state index in [1.54, 1.807) is 6.92 Å². The third-order valence-corrected chi connectivity index (χ3v) is 3.14. The van der Waals surface area contributed by atoms with Crippen LogP contribution in [0.2, 0.25) is 0 Å². The van der Waals surface area contributed by atoms with E-state index in [2.05, 4.69) is 11.8 Å². The van der Waals surface area contributed by atoms with Crippen molar-refractivity contribution in [3.63, 3.8) is 0 Å². The largest absolute Gasteiger partial charge is 0.343 e. The highest BCUT2D eigenvalue weighted by atomic mass is 16.2. The van der Waals surface area contributed by atoms with E-state index in [0.29, 0.717) is 5.92 Å². The summed E-state index contributed by atoms with van der Waals surface area (Å²) in [4.78, 5) is 15.5. The zero-order valence-electron chi connectivity index (χ0n) is 9.91. The Morgan fingerprint density at radius 1 is 1.60 bits per heavy atom. The van der Waals surface area contributed by atoms with Crippen molar-refractivity contribution in [2.45, 2.75) is 20.3 Å². The number of likely N-dealkylation sites (N-methyl/N-ethyl adjacent to an activating group) is 1. The summed E-state index contributed by atoms with van der Waals surface area (Å²) in [5.74, 6) is 0.847. The fourth-order valence-electron chi connectivity index (χ4n) is 2.19. The number of rotatable bonds is 5. The zero-order valence-corrected chi connectivity index (χ0v) is 9.91. The lowest BCUT2D eigenvalue weighted by atomic mass is 10.1. The minimum atomic E-state index is 0.208. The number of nitrogens with two attached hydrogens (primary N) is 1. The summed E-state index contributed by atoms with van der Waals surface area (Å²) in [7, 11) is 0. The molecule has 0 aromatic carbocycles. The molecular formula is C11H23N3O. The summed E-state index contributed by atoms with van der Waals surface area (Å²) in [5.41, 5.74) is 5.55. The summed E-state index contributed by atoms with van der Waals surface area (Å²) in [6.45, 7) is 9.49. The van der Waals surface area contributed by atoms with Crippen LogP contribution in [-0.2, 0) is 4.79 Å². The van der Waals surface area contributed by atoms with Crippen LogP contribution in [0.4, 0.5) is 0 Å². The molecule has 4 nitrogen and oxygen atoms in total. The average Bonchev–Trinajstić information content (AvgIpc) is 2.65. The molecule has 2 N–H and O–H groups in total. The van der Waals surface area contributed by atoms with Crippen LogP contribution >= 0.6 is 0 Å². The Morgan fingerprint density at radius 2 is 2.33 bits per heavy atom. The van der Waals surface area contributed by atoms with E-state index < -0.39 is 0 Å². The van der Waals surface area contributed by atoms with Crippen LogP contribution in [0.15, 0.2) is 0 Å². The maximum Gasteiger partial charge on any atom is 0.219 e. The first-order valence-electron chi connectivity index (χ1n) is 5.85. The van der Waals surface area contributed by atoms with Gasteiger partial charge in [0.2, 0.25) is 5.91 Å². The maximum absolute atomic E-state index is 11.2. The number of amides is 1. The maximum atomic E-state index is 11.2. The fraction of sp³-hybridized carbons (Fsp3) is 0.909. The summed E-state index contributed by atoms with van der Waals surface area (Å²) < 4.78 is 0. The predicted molar refractivity (Wildman–Crippen MR) is 61.5 cm³/mol. The van der Waals surface area contributed by atoms with Crippen LogP contribution < -0.4 is 5.73 Å². The number of hydrogen-bond acceptors (Lipinski definition) is 3. The molecule has 1 heterocycles. The van der Waals surface area contributed by atoms with Crippen LogP contribution in [0, 0.1) is 5.92 Å². The molecule has 0 unspecified atom stereocenters. The third-order valence-electron chi connectivity index (χ3n) is 3.14.